The number of ether oxygens (including phenoxy) is 2. The minimum absolute atomic E-state index is 0.395. The molecule has 0 radical (unpaired) electrons. The van der Waals surface area contributed by atoms with Crippen LogP contribution in [0.1, 0.15) is 110 Å². The molecule has 0 aliphatic carbocycles. The molecule has 0 fully saturated rings. The van der Waals surface area contributed by atoms with Crippen LogP contribution >= 0.6 is 0 Å². The van der Waals surface area contributed by atoms with Crippen molar-refractivity contribution in [2.75, 3.05) is 19.8 Å². The summed E-state index contributed by atoms with van der Waals surface area (Å²) in [6.07, 6.45) is 18.1. The highest BCUT2D eigenvalue weighted by Crippen LogP contribution is 2.13. The van der Waals surface area contributed by atoms with Crippen molar-refractivity contribution in [3.05, 3.63) is 0 Å². The monoisotopic (exact) mass is 418 g/mol. The Hall–Kier alpha value is -0.690. The van der Waals surface area contributed by atoms with Gasteiger partial charge in [0.15, 0.2) is 6.10 Å². The summed E-state index contributed by atoms with van der Waals surface area (Å²) >= 11 is 0. The molecule has 29 heavy (non-hydrogen) atoms. The first kappa shape index (κ1) is 28.3. The minimum atomic E-state index is -1.59. The van der Waals surface area contributed by atoms with Crippen molar-refractivity contribution in [3.63, 3.8) is 0 Å². The van der Waals surface area contributed by atoms with E-state index in [0.29, 0.717) is 6.61 Å². The molecule has 0 aliphatic rings. The summed E-state index contributed by atoms with van der Waals surface area (Å²) in [6.45, 7) is 1.48. The summed E-state index contributed by atoms with van der Waals surface area (Å²) in [6, 6.07) is 0. The van der Waals surface area contributed by atoms with E-state index in [2.05, 4.69) is 6.92 Å². The molecule has 0 bridgehead atoms. The Morgan fingerprint density at radius 3 is 1.48 bits per heavy atom. The maximum atomic E-state index is 11.3. The third kappa shape index (κ3) is 19.0. The maximum Gasteiger partial charge on any atom is 0.339 e. The van der Waals surface area contributed by atoms with Crippen LogP contribution in [0, 0.1) is 0 Å². The Morgan fingerprint density at radius 2 is 1.10 bits per heavy atom. The molecule has 0 aliphatic heterocycles. The van der Waals surface area contributed by atoms with Crippen molar-refractivity contribution in [2.24, 2.45) is 0 Å². The van der Waals surface area contributed by atoms with Crippen LogP contribution < -0.4 is 0 Å². The van der Waals surface area contributed by atoms with Gasteiger partial charge in [-0.3, -0.25) is 0 Å². The minimum Gasteiger partial charge on any atom is -0.431 e. The number of carbonyl (C=O) groups is 1. The van der Waals surface area contributed by atoms with Crippen LogP contribution in [0.4, 0.5) is 0 Å². The number of hydrogen-bond acceptors (Lipinski definition) is 6. The molecule has 0 heterocycles. The van der Waals surface area contributed by atoms with E-state index in [1.165, 1.54) is 83.5 Å². The number of unbranched alkanes of at least 4 members (excludes halogenated alkanes) is 15. The Morgan fingerprint density at radius 1 is 0.690 bits per heavy atom. The van der Waals surface area contributed by atoms with Crippen LogP contribution in [0.2, 0.25) is 0 Å². The van der Waals surface area contributed by atoms with Gasteiger partial charge in [0.25, 0.3) is 0 Å². The van der Waals surface area contributed by atoms with Gasteiger partial charge in [-0.05, 0) is 6.42 Å². The van der Waals surface area contributed by atoms with Gasteiger partial charge in [0.2, 0.25) is 6.29 Å². The predicted octanol–water partition coefficient (Wildman–Crippen LogP) is 4.48. The Bertz CT molecular complexity index is 350. The third-order valence-electron chi connectivity index (χ3n) is 5.14. The number of aliphatic hydroxyl groups excluding tert-OH is 3. The second kappa shape index (κ2) is 22.0. The fraction of sp³-hybridized carbons (Fsp3) is 0.957. The largest absolute Gasteiger partial charge is 0.431 e. The van der Waals surface area contributed by atoms with Gasteiger partial charge in [-0.15, -0.1) is 0 Å². The van der Waals surface area contributed by atoms with Gasteiger partial charge in [0.1, 0.15) is 6.61 Å². The summed E-state index contributed by atoms with van der Waals surface area (Å²) < 4.78 is 10.1. The average Bonchev–Trinajstić information content (AvgIpc) is 2.74. The van der Waals surface area contributed by atoms with Crippen molar-refractivity contribution in [1.29, 1.82) is 0 Å². The molecular weight excluding hydrogens is 372 g/mol. The highest BCUT2D eigenvalue weighted by atomic mass is 16.7. The predicted molar refractivity (Wildman–Crippen MR) is 116 cm³/mol. The van der Waals surface area contributed by atoms with Crippen LogP contribution in [0.3, 0.4) is 0 Å². The van der Waals surface area contributed by atoms with Gasteiger partial charge in [0, 0.05) is 0 Å². The smallest absolute Gasteiger partial charge is 0.339 e. The molecule has 6 nitrogen and oxygen atoms in total. The van der Waals surface area contributed by atoms with E-state index in [0.717, 1.165) is 19.3 Å². The molecule has 0 amide bonds. The number of carbonyl (C=O) groups excluding carboxylic acids is 1. The lowest BCUT2D eigenvalue weighted by molar-refractivity contribution is -0.196. The maximum absolute atomic E-state index is 11.3. The van der Waals surface area contributed by atoms with Crippen molar-refractivity contribution in [3.8, 4) is 0 Å². The van der Waals surface area contributed by atoms with Gasteiger partial charge >= 0.3 is 5.97 Å². The first-order valence-electron chi connectivity index (χ1n) is 11.9. The van der Waals surface area contributed by atoms with Gasteiger partial charge in [-0.2, -0.15) is 0 Å². The normalized spacial score (nSPS) is 13.4. The lowest BCUT2D eigenvalue weighted by atomic mass is 10.0. The molecule has 6 heteroatoms. The van der Waals surface area contributed by atoms with E-state index >= 15 is 0 Å². The van der Waals surface area contributed by atoms with Crippen molar-refractivity contribution in [1.82, 2.24) is 0 Å². The van der Waals surface area contributed by atoms with Crippen molar-refractivity contribution >= 4 is 5.97 Å². The molecule has 0 spiro atoms. The highest BCUT2D eigenvalue weighted by molar-refractivity contribution is 5.74. The SMILES string of the molecule is CCCCCCCCCCCCCCCCCCOC(CO)OC(=O)C(O)CO. The van der Waals surface area contributed by atoms with Crippen LogP contribution in [0.25, 0.3) is 0 Å². The first-order chi connectivity index (χ1) is 14.2. The van der Waals surface area contributed by atoms with E-state index in [-0.39, 0.29) is 0 Å². The van der Waals surface area contributed by atoms with Gasteiger partial charge in [0.05, 0.1) is 13.2 Å². The number of esters is 1. The molecule has 174 valence electrons. The zero-order valence-electron chi connectivity index (χ0n) is 18.7. The van der Waals surface area contributed by atoms with E-state index in [9.17, 15) is 4.79 Å². The molecule has 0 aromatic heterocycles. The van der Waals surface area contributed by atoms with Crippen LogP contribution in [-0.2, 0) is 14.3 Å². The summed E-state index contributed by atoms with van der Waals surface area (Å²) in [5, 5.41) is 26.9. The third-order valence-corrected chi connectivity index (χ3v) is 5.14. The second-order valence-corrected chi connectivity index (χ2v) is 7.92. The van der Waals surface area contributed by atoms with Crippen LogP contribution in [-0.4, -0.2) is 53.5 Å². The second-order valence-electron chi connectivity index (χ2n) is 7.92. The number of hydrogen-bond donors (Lipinski definition) is 3. The Labute approximate surface area is 178 Å². The lowest BCUT2D eigenvalue weighted by Crippen LogP contribution is -2.33. The Kier molecular flexibility index (Phi) is 21.5. The zero-order valence-corrected chi connectivity index (χ0v) is 18.7. The van der Waals surface area contributed by atoms with Crippen molar-refractivity contribution in [2.45, 2.75) is 122 Å². The zero-order chi connectivity index (χ0) is 21.6. The topological polar surface area (TPSA) is 96.2 Å². The molecule has 0 saturated carbocycles. The summed E-state index contributed by atoms with van der Waals surface area (Å²) in [5.74, 6) is -0.987. The van der Waals surface area contributed by atoms with Crippen LogP contribution in [0.15, 0.2) is 0 Å². The molecule has 0 rings (SSSR count). The fourth-order valence-corrected chi connectivity index (χ4v) is 3.27. The summed E-state index contributed by atoms with van der Waals surface area (Å²) in [5.41, 5.74) is 0. The van der Waals surface area contributed by atoms with E-state index in [1.807, 2.05) is 0 Å². The molecular formula is C23H46O6. The molecule has 2 unspecified atom stereocenters. The lowest BCUT2D eigenvalue weighted by Gasteiger charge is -2.17. The van der Waals surface area contributed by atoms with Crippen LogP contribution in [0.5, 0.6) is 0 Å². The molecule has 0 saturated heterocycles. The first-order valence-corrected chi connectivity index (χ1v) is 11.9. The fourth-order valence-electron chi connectivity index (χ4n) is 3.27. The molecule has 2 atom stereocenters. The quantitative estimate of drug-likeness (QED) is 0.136. The van der Waals surface area contributed by atoms with Gasteiger partial charge in [-0.25, -0.2) is 4.79 Å². The highest BCUT2D eigenvalue weighted by Gasteiger charge is 2.20. The molecule has 0 aromatic carbocycles. The van der Waals surface area contributed by atoms with E-state index < -0.39 is 31.6 Å². The molecule has 3 N–H and O–H groups in total. The van der Waals surface area contributed by atoms with Gasteiger partial charge < -0.3 is 24.8 Å². The summed E-state index contributed by atoms with van der Waals surface area (Å²) in [4.78, 5) is 11.3. The van der Waals surface area contributed by atoms with Gasteiger partial charge in [-0.1, -0.05) is 103 Å². The average molecular weight is 419 g/mol. The number of aliphatic hydroxyl groups is 3. The summed E-state index contributed by atoms with van der Waals surface area (Å²) in [7, 11) is 0. The Balaban J connectivity index is 3.31. The number of rotatable bonds is 22. The molecule has 0 aromatic rings. The van der Waals surface area contributed by atoms with E-state index in [4.69, 9.17) is 24.8 Å². The van der Waals surface area contributed by atoms with E-state index in [1.54, 1.807) is 0 Å². The van der Waals surface area contributed by atoms with Crippen molar-refractivity contribution < 1.29 is 29.6 Å². The standard InChI is InChI=1S/C23H46O6/c1-2-3-4-5-6-7-8-9-10-11-12-13-14-15-16-17-18-28-22(20-25)29-23(27)21(26)19-24/h21-22,24-26H,2-20H2,1H3.